The summed E-state index contributed by atoms with van der Waals surface area (Å²) in [6.45, 7) is 0.771. The second kappa shape index (κ2) is 11.5. The van der Waals surface area contributed by atoms with Crippen LogP contribution in [-0.4, -0.2) is 22.2 Å². The van der Waals surface area contributed by atoms with E-state index in [1.807, 2.05) is 0 Å². The number of hydrogen-bond acceptors (Lipinski definition) is 5. The molecule has 0 unspecified atom stereocenters. The molecular formula is C30H26F4N6O. The van der Waals surface area contributed by atoms with Gasteiger partial charge in [-0.05, 0) is 66.8 Å². The third kappa shape index (κ3) is 6.29. The number of aromatic nitrogens is 2. The Morgan fingerprint density at radius 1 is 1.10 bits per heavy atom. The molecule has 11 heteroatoms. The van der Waals surface area contributed by atoms with Gasteiger partial charge in [0.1, 0.15) is 5.69 Å². The lowest BCUT2D eigenvalue weighted by molar-refractivity contribution is -0.141. The van der Waals surface area contributed by atoms with Crippen molar-refractivity contribution in [2.75, 3.05) is 11.9 Å². The molecule has 1 amide bonds. The van der Waals surface area contributed by atoms with E-state index < -0.39 is 35.3 Å². The molecule has 3 aromatic carbocycles. The largest absolute Gasteiger partial charge is 0.435 e. The molecule has 0 bridgehead atoms. The molecule has 4 aromatic rings. The molecule has 0 saturated heterocycles. The third-order valence-electron chi connectivity index (χ3n) is 6.87. The van der Waals surface area contributed by atoms with E-state index in [0.29, 0.717) is 35.2 Å². The molecule has 1 atom stereocenters. The van der Waals surface area contributed by atoms with Crippen LogP contribution in [0.25, 0.3) is 5.69 Å². The molecule has 1 fully saturated rings. The molecule has 7 nitrogen and oxygen atoms in total. The first-order valence-corrected chi connectivity index (χ1v) is 13.0. The topological polar surface area (TPSA) is 109 Å². The highest BCUT2D eigenvalue weighted by molar-refractivity contribution is 6.03. The lowest BCUT2D eigenvalue weighted by Crippen LogP contribution is -2.26. The van der Waals surface area contributed by atoms with Crippen molar-refractivity contribution in [2.24, 2.45) is 11.7 Å². The first-order chi connectivity index (χ1) is 19.7. The monoisotopic (exact) mass is 562 g/mol. The quantitative estimate of drug-likeness (QED) is 0.227. The Labute approximate surface area is 233 Å². The van der Waals surface area contributed by atoms with Crippen molar-refractivity contribution in [1.29, 1.82) is 5.26 Å². The van der Waals surface area contributed by atoms with Gasteiger partial charge >= 0.3 is 6.18 Å². The van der Waals surface area contributed by atoms with Crippen LogP contribution in [0.4, 0.5) is 23.2 Å². The van der Waals surface area contributed by atoms with E-state index >= 15 is 4.39 Å². The number of carbonyl (C=O) groups excluding carboxylic acids is 1. The van der Waals surface area contributed by atoms with Crippen molar-refractivity contribution < 1.29 is 22.4 Å². The van der Waals surface area contributed by atoms with Crippen molar-refractivity contribution in [2.45, 2.75) is 31.6 Å². The van der Waals surface area contributed by atoms with Crippen LogP contribution in [0, 0.1) is 23.1 Å². The molecule has 0 radical (unpaired) electrons. The standard InChI is InChI=1S/C30H26F4N6O/c31-27-23(28(37-17-18-10-11-18)21-6-1-4-19(12-21)15-35)8-3-9-24(27)38-29(41)25-14-26(30(32,33)34)39-40(25)22-7-2-5-20(13-22)16-36/h1-9,12-14,18,28,37H,10-11,16-17,36H2,(H,38,41)/t28-/m0/s1. The maximum atomic E-state index is 16.0. The number of nitriles is 1. The normalized spacial score (nSPS) is 14.0. The fourth-order valence-electron chi connectivity index (χ4n) is 4.55. The summed E-state index contributed by atoms with van der Waals surface area (Å²) in [7, 11) is 0. The molecule has 5 rings (SSSR count). The first-order valence-electron chi connectivity index (χ1n) is 13.0. The number of nitrogens with one attached hydrogen (secondary N) is 2. The maximum absolute atomic E-state index is 16.0. The van der Waals surface area contributed by atoms with Crippen molar-refractivity contribution in [3.05, 3.63) is 112 Å². The van der Waals surface area contributed by atoms with Gasteiger partial charge in [-0.25, -0.2) is 9.07 Å². The smallest absolute Gasteiger partial charge is 0.326 e. The van der Waals surface area contributed by atoms with Gasteiger partial charge in [0.15, 0.2) is 11.5 Å². The summed E-state index contributed by atoms with van der Waals surface area (Å²) in [5.41, 5.74) is 5.90. The van der Waals surface area contributed by atoms with Crippen LogP contribution in [0.3, 0.4) is 0 Å². The van der Waals surface area contributed by atoms with Crippen molar-refractivity contribution in [3.63, 3.8) is 0 Å². The molecule has 1 aliphatic carbocycles. The van der Waals surface area contributed by atoms with Gasteiger partial charge in [-0.15, -0.1) is 0 Å². The predicted molar refractivity (Wildman–Crippen MR) is 145 cm³/mol. The van der Waals surface area contributed by atoms with Crippen molar-refractivity contribution >= 4 is 11.6 Å². The number of benzene rings is 3. The second-order valence-corrected chi connectivity index (χ2v) is 9.88. The van der Waals surface area contributed by atoms with E-state index in [1.165, 1.54) is 18.2 Å². The Morgan fingerprint density at radius 2 is 1.85 bits per heavy atom. The summed E-state index contributed by atoms with van der Waals surface area (Å²) in [6, 6.07) is 19.7. The van der Waals surface area contributed by atoms with Crippen LogP contribution < -0.4 is 16.4 Å². The lowest BCUT2D eigenvalue weighted by atomic mass is 9.96. The number of hydrogen-bond donors (Lipinski definition) is 3. The number of nitrogens with two attached hydrogens (primary N) is 1. The Balaban J connectivity index is 1.50. The van der Waals surface area contributed by atoms with Gasteiger partial charge in [-0.3, -0.25) is 4.79 Å². The van der Waals surface area contributed by atoms with Crippen LogP contribution in [0.2, 0.25) is 0 Å². The molecule has 0 spiro atoms. The minimum Gasteiger partial charge on any atom is -0.326 e. The summed E-state index contributed by atoms with van der Waals surface area (Å²) < 4.78 is 57.6. The van der Waals surface area contributed by atoms with Crippen molar-refractivity contribution in [3.8, 4) is 11.8 Å². The summed E-state index contributed by atoms with van der Waals surface area (Å²) in [6.07, 6.45) is -2.67. The molecular weight excluding hydrogens is 536 g/mol. The van der Waals surface area contributed by atoms with Crippen LogP contribution in [0.1, 0.15) is 57.3 Å². The van der Waals surface area contributed by atoms with Crippen LogP contribution >= 0.6 is 0 Å². The van der Waals surface area contributed by atoms with E-state index in [2.05, 4.69) is 21.8 Å². The van der Waals surface area contributed by atoms with E-state index in [-0.39, 0.29) is 23.5 Å². The predicted octanol–water partition coefficient (Wildman–Crippen LogP) is 5.70. The van der Waals surface area contributed by atoms with Gasteiger partial charge < -0.3 is 16.4 Å². The fourth-order valence-corrected chi connectivity index (χ4v) is 4.55. The summed E-state index contributed by atoms with van der Waals surface area (Å²) in [5.74, 6) is -1.25. The van der Waals surface area contributed by atoms with Crippen LogP contribution in [-0.2, 0) is 12.7 Å². The Bertz CT molecular complexity index is 1620. The average Bonchev–Trinajstić information content (AvgIpc) is 3.68. The number of anilines is 1. The molecule has 210 valence electrons. The molecule has 4 N–H and O–H groups in total. The van der Waals surface area contributed by atoms with Gasteiger partial charge in [-0.1, -0.05) is 36.4 Å². The van der Waals surface area contributed by atoms with E-state index in [9.17, 15) is 23.2 Å². The highest BCUT2D eigenvalue weighted by Gasteiger charge is 2.36. The minimum absolute atomic E-state index is 0.133. The van der Waals surface area contributed by atoms with Gasteiger partial charge in [0.05, 0.1) is 29.0 Å². The Hall–Kier alpha value is -4.53. The number of rotatable bonds is 9. The fraction of sp³-hybridized carbons (Fsp3) is 0.233. The third-order valence-corrected chi connectivity index (χ3v) is 6.87. The molecule has 41 heavy (non-hydrogen) atoms. The number of alkyl halides is 3. The SMILES string of the molecule is N#Cc1cccc([C@H](NCC2CC2)c2cccc(NC(=O)c3cc(C(F)(F)F)nn3-c3cccc(CN)c3)c2F)c1. The molecule has 1 aromatic heterocycles. The highest BCUT2D eigenvalue weighted by atomic mass is 19.4. The minimum atomic E-state index is -4.81. The van der Waals surface area contributed by atoms with Gasteiger partial charge in [0, 0.05) is 18.2 Å². The van der Waals surface area contributed by atoms with Crippen LogP contribution in [0.5, 0.6) is 0 Å². The molecule has 1 heterocycles. The van der Waals surface area contributed by atoms with E-state index in [1.54, 1.807) is 48.5 Å². The zero-order valence-electron chi connectivity index (χ0n) is 21.8. The zero-order chi connectivity index (χ0) is 29.1. The lowest BCUT2D eigenvalue weighted by Gasteiger charge is -2.22. The van der Waals surface area contributed by atoms with Crippen molar-refractivity contribution in [1.82, 2.24) is 15.1 Å². The summed E-state index contributed by atoms with van der Waals surface area (Å²) in [5, 5.41) is 18.8. The van der Waals surface area contributed by atoms with Crippen LogP contribution in [0.15, 0.2) is 72.8 Å². The average molecular weight is 563 g/mol. The summed E-state index contributed by atoms with van der Waals surface area (Å²) >= 11 is 0. The summed E-state index contributed by atoms with van der Waals surface area (Å²) in [4.78, 5) is 13.3. The highest BCUT2D eigenvalue weighted by Crippen LogP contribution is 2.33. The zero-order valence-corrected chi connectivity index (χ0v) is 21.8. The number of nitrogens with zero attached hydrogens (tertiary/aromatic N) is 3. The first kappa shape index (κ1) is 28.0. The molecule has 0 aliphatic heterocycles. The second-order valence-electron chi connectivity index (χ2n) is 9.88. The maximum Gasteiger partial charge on any atom is 0.435 e. The van der Waals surface area contributed by atoms with Gasteiger partial charge in [0.2, 0.25) is 0 Å². The molecule has 1 saturated carbocycles. The number of carbonyl (C=O) groups is 1. The van der Waals surface area contributed by atoms with E-state index in [0.717, 1.165) is 17.5 Å². The van der Waals surface area contributed by atoms with Gasteiger partial charge in [0.25, 0.3) is 5.91 Å². The van der Waals surface area contributed by atoms with E-state index in [4.69, 9.17) is 5.73 Å². The van der Waals surface area contributed by atoms with Gasteiger partial charge in [-0.2, -0.15) is 23.5 Å². The Morgan fingerprint density at radius 3 is 2.56 bits per heavy atom. The Kier molecular flexibility index (Phi) is 7.88. The number of amides is 1. The molecule has 1 aliphatic rings. The number of halogens is 4.